The third-order valence-corrected chi connectivity index (χ3v) is 2.60. The van der Waals surface area contributed by atoms with Gasteiger partial charge in [0, 0.05) is 25.9 Å². The predicted octanol–water partition coefficient (Wildman–Crippen LogP) is 2.57. The maximum absolute atomic E-state index is 4.51. The van der Waals surface area contributed by atoms with Gasteiger partial charge in [-0.25, -0.2) is 4.52 Å². The summed E-state index contributed by atoms with van der Waals surface area (Å²) >= 11 is 0. The van der Waals surface area contributed by atoms with Crippen LogP contribution < -0.4 is 4.90 Å². The molecule has 3 heteroatoms. The standard InChI is InChI=1S/C12H17N3/c1-3-4-8-14(2)12-10-11-7-5-6-9-15(11)13-12/h5-7,9-10H,3-4,8H2,1-2H3. The lowest BCUT2D eigenvalue weighted by molar-refractivity contribution is 0.754. The average molecular weight is 203 g/mol. The highest BCUT2D eigenvalue weighted by Crippen LogP contribution is 2.14. The Morgan fingerprint density at radius 2 is 2.27 bits per heavy atom. The fourth-order valence-electron chi connectivity index (χ4n) is 1.62. The smallest absolute Gasteiger partial charge is 0.151 e. The Morgan fingerprint density at radius 3 is 3.00 bits per heavy atom. The van der Waals surface area contributed by atoms with Crippen LogP contribution in [0.3, 0.4) is 0 Å². The lowest BCUT2D eigenvalue weighted by Gasteiger charge is -2.14. The van der Waals surface area contributed by atoms with Gasteiger partial charge < -0.3 is 4.90 Å². The Balaban J connectivity index is 2.20. The number of aromatic nitrogens is 2. The van der Waals surface area contributed by atoms with Crippen LogP contribution in [0, 0.1) is 0 Å². The van der Waals surface area contributed by atoms with Crippen molar-refractivity contribution < 1.29 is 0 Å². The van der Waals surface area contributed by atoms with Gasteiger partial charge in [0.25, 0.3) is 0 Å². The van der Waals surface area contributed by atoms with E-state index in [1.807, 2.05) is 22.8 Å². The van der Waals surface area contributed by atoms with E-state index in [-0.39, 0.29) is 0 Å². The van der Waals surface area contributed by atoms with E-state index in [2.05, 4.69) is 36.1 Å². The van der Waals surface area contributed by atoms with Crippen LogP contribution in [0.2, 0.25) is 0 Å². The maximum Gasteiger partial charge on any atom is 0.151 e. The van der Waals surface area contributed by atoms with E-state index in [4.69, 9.17) is 0 Å². The zero-order valence-corrected chi connectivity index (χ0v) is 9.35. The fraction of sp³-hybridized carbons (Fsp3) is 0.417. The Hall–Kier alpha value is -1.51. The largest absolute Gasteiger partial charge is 0.358 e. The molecule has 0 fully saturated rings. The second kappa shape index (κ2) is 4.34. The van der Waals surface area contributed by atoms with Crippen molar-refractivity contribution in [1.29, 1.82) is 0 Å². The van der Waals surface area contributed by atoms with Crippen LogP contribution in [0.15, 0.2) is 30.5 Å². The van der Waals surface area contributed by atoms with Gasteiger partial charge in [-0.2, -0.15) is 5.10 Å². The van der Waals surface area contributed by atoms with Gasteiger partial charge in [-0.15, -0.1) is 0 Å². The summed E-state index contributed by atoms with van der Waals surface area (Å²) in [5, 5.41) is 4.51. The normalized spacial score (nSPS) is 10.8. The molecule has 0 aromatic carbocycles. The van der Waals surface area contributed by atoms with Crippen LogP contribution >= 0.6 is 0 Å². The number of hydrogen-bond donors (Lipinski definition) is 0. The molecule has 0 amide bonds. The number of unbranched alkanes of at least 4 members (excludes halogenated alkanes) is 1. The second-order valence-electron chi connectivity index (χ2n) is 3.85. The minimum Gasteiger partial charge on any atom is -0.358 e. The Kier molecular flexibility index (Phi) is 2.90. The molecule has 0 aliphatic heterocycles. The molecule has 15 heavy (non-hydrogen) atoms. The number of fused-ring (bicyclic) bond motifs is 1. The van der Waals surface area contributed by atoms with Crippen LogP contribution in [0.1, 0.15) is 19.8 Å². The van der Waals surface area contributed by atoms with Gasteiger partial charge in [-0.05, 0) is 18.6 Å². The highest BCUT2D eigenvalue weighted by atomic mass is 15.3. The van der Waals surface area contributed by atoms with Crippen LogP contribution in [0.5, 0.6) is 0 Å². The van der Waals surface area contributed by atoms with Crippen LogP contribution in [0.25, 0.3) is 5.52 Å². The lowest BCUT2D eigenvalue weighted by atomic mass is 10.3. The molecule has 0 aliphatic rings. The molecule has 0 unspecified atom stereocenters. The summed E-state index contributed by atoms with van der Waals surface area (Å²) in [6.45, 7) is 3.28. The molecule has 0 aliphatic carbocycles. The summed E-state index contributed by atoms with van der Waals surface area (Å²) in [4.78, 5) is 2.20. The second-order valence-corrected chi connectivity index (χ2v) is 3.85. The Morgan fingerprint density at radius 1 is 1.40 bits per heavy atom. The lowest BCUT2D eigenvalue weighted by Crippen LogP contribution is -2.18. The zero-order valence-electron chi connectivity index (χ0n) is 9.35. The minimum absolute atomic E-state index is 1.05. The van der Waals surface area contributed by atoms with E-state index in [1.54, 1.807) is 0 Å². The number of nitrogens with zero attached hydrogens (tertiary/aromatic N) is 3. The highest BCUT2D eigenvalue weighted by Gasteiger charge is 2.04. The van der Waals surface area contributed by atoms with Crippen molar-refractivity contribution in [2.75, 3.05) is 18.5 Å². The predicted molar refractivity (Wildman–Crippen MR) is 63.4 cm³/mol. The van der Waals surface area contributed by atoms with Gasteiger partial charge in [0.15, 0.2) is 5.82 Å². The van der Waals surface area contributed by atoms with Crippen molar-refractivity contribution in [1.82, 2.24) is 9.61 Å². The summed E-state index contributed by atoms with van der Waals surface area (Å²) in [6, 6.07) is 8.22. The van der Waals surface area contributed by atoms with Crippen molar-refractivity contribution in [3.8, 4) is 0 Å². The number of anilines is 1. The summed E-state index contributed by atoms with van der Waals surface area (Å²) in [5.74, 6) is 1.05. The van der Waals surface area contributed by atoms with Crippen LogP contribution in [0.4, 0.5) is 5.82 Å². The molecule has 0 saturated heterocycles. The molecule has 2 aromatic heterocycles. The monoisotopic (exact) mass is 203 g/mol. The number of rotatable bonds is 4. The van der Waals surface area contributed by atoms with Crippen molar-refractivity contribution in [2.24, 2.45) is 0 Å². The van der Waals surface area contributed by atoms with Crippen LogP contribution in [-0.4, -0.2) is 23.2 Å². The number of hydrogen-bond acceptors (Lipinski definition) is 2. The highest BCUT2D eigenvalue weighted by molar-refractivity contribution is 5.56. The fourth-order valence-corrected chi connectivity index (χ4v) is 1.62. The van der Waals surface area contributed by atoms with E-state index in [1.165, 1.54) is 12.8 Å². The van der Waals surface area contributed by atoms with Crippen molar-refractivity contribution in [3.05, 3.63) is 30.5 Å². The SMILES string of the molecule is CCCCN(C)c1cc2ccccn2n1. The van der Waals surface area contributed by atoms with E-state index in [0.29, 0.717) is 0 Å². The molecule has 0 bridgehead atoms. The average Bonchev–Trinajstić information content (AvgIpc) is 2.69. The summed E-state index contributed by atoms with van der Waals surface area (Å²) in [7, 11) is 2.09. The van der Waals surface area contributed by atoms with E-state index >= 15 is 0 Å². The quantitative estimate of drug-likeness (QED) is 0.761. The first kappa shape index (κ1) is 10.0. The third kappa shape index (κ3) is 2.12. The first-order valence-electron chi connectivity index (χ1n) is 5.47. The molecule has 0 saturated carbocycles. The van der Waals surface area contributed by atoms with Gasteiger partial charge in [0.1, 0.15) is 0 Å². The Labute approximate surface area is 90.3 Å². The molecule has 0 radical (unpaired) electrons. The molecule has 3 nitrogen and oxygen atoms in total. The summed E-state index contributed by atoms with van der Waals surface area (Å²) in [5.41, 5.74) is 1.15. The van der Waals surface area contributed by atoms with E-state index < -0.39 is 0 Å². The molecule has 2 heterocycles. The summed E-state index contributed by atoms with van der Waals surface area (Å²) < 4.78 is 1.91. The van der Waals surface area contributed by atoms with Crippen molar-refractivity contribution >= 4 is 11.3 Å². The topological polar surface area (TPSA) is 20.5 Å². The molecule has 80 valence electrons. The van der Waals surface area contributed by atoms with Gasteiger partial charge >= 0.3 is 0 Å². The molecule has 0 N–H and O–H groups in total. The first-order valence-corrected chi connectivity index (χ1v) is 5.47. The van der Waals surface area contributed by atoms with E-state index in [9.17, 15) is 0 Å². The zero-order chi connectivity index (χ0) is 10.7. The number of pyridine rings is 1. The van der Waals surface area contributed by atoms with Crippen molar-refractivity contribution in [3.63, 3.8) is 0 Å². The first-order chi connectivity index (χ1) is 7.31. The molecular formula is C12H17N3. The minimum atomic E-state index is 1.05. The van der Waals surface area contributed by atoms with Gasteiger partial charge in [-0.1, -0.05) is 19.4 Å². The Bertz CT molecular complexity index is 400. The third-order valence-electron chi connectivity index (χ3n) is 2.60. The molecule has 0 spiro atoms. The molecular weight excluding hydrogens is 186 g/mol. The van der Waals surface area contributed by atoms with E-state index in [0.717, 1.165) is 17.9 Å². The summed E-state index contributed by atoms with van der Waals surface area (Å²) in [6.07, 6.45) is 4.41. The molecule has 0 atom stereocenters. The molecule has 2 rings (SSSR count). The van der Waals surface area contributed by atoms with Crippen LogP contribution in [-0.2, 0) is 0 Å². The van der Waals surface area contributed by atoms with Gasteiger partial charge in [0.05, 0.1) is 5.52 Å². The van der Waals surface area contributed by atoms with Gasteiger partial charge in [0.2, 0.25) is 0 Å². The molecule has 2 aromatic rings. The van der Waals surface area contributed by atoms with Crippen molar-refractivity contribution in [2.45, 2.75) is 19.8 Å². The maximum atomic E-state index is 4.51. The van der Waals surface area contributed by atoms with Gasteiger partial charge in [-0.3, -0.25) is 0 Å².